The van der Waals surface area contributed by atoms with Gasteiger partial charge in [0.2, 0.25) is 0 Å². The van der Waals surface area contributed by atoms with Gasteiger partial charge in [0, 0.05) is 11.7 Å². The van der Waals surface area contributed by atoms with Crippen molar-refractivity contribution in [2.45, 2.75) is 40.5 Å². The van der Waals surface area contributed by atoms with E-state index in [0.717, 1.165) is 18.8 Å². The van der Waals surface area contributed by atoms with E-state index in [4.69, 9.17) is 4.74 Å². The minimum Gasteiger partial charge on any atom is -0.496 e. The van der Waals surface area contributed by atoms with Crippen LogP contribution in [0, 0.1) is 11.8 Å². The highest BCUT2D eigenvalue weighted by Gasteiger charge is 2.16. The van der Waals surface area contributed by atoms with Crippen molar-refractivity contribution in [3.63, 3.8) is 0 Å². The summed E-state index contributed by atoms with van der Waals surface area (Å²) in [5.74, 6) is 3.30. The van der Waals surface area contributed by atoms with Gasteiger partial charge in [0.15, 0.2) is 0 Å². The van der Waals surface area contributed by atoms with Gasteiger partial charge < -0.3 is 9.46 Å². The molecule has 0 spiro atoms. The van der Waals surface area contributed by atoms with E-state index in [1.807, 2.05) is 11.9 Å². The van der Waals surface area contributed by atoms with Crippen LogP contribution in [0.2, 0.25) is 0 Å². The molecule has 0 unspecified atom stereocenters. The van der Waals surface area contributed by atoms with E-state index < -0.39 is 0 Å². The van der Waals surface area contributed by atoms with Gasteiger partial charge in [-0.2, -0.15) is 0 Å². The Morgan fingerprint density at radius 2 is 1.87 bits per heavy atom. The number of ether oxygens (including phenoxy) is 1. The van der Waals surface area contributed by atoms with E-state index >= 15 is 0 Å². The number of allylic oxidation sites excluding steroid dienone is 2. The zero-order chi connectivity index (χ0) is 11.3. The lowest BCUT2D eigenvalue weighted by Gasteiger charge is -2.21. The third kappa shape index (κ3) is 3.98. The molecular weight excluding hydrogens is 206 g/mol. The third-order valence-corrected chi connectivity index (χ3v) is 3.30. The highest BCUT2D eigenvalue weighted by molar-refractivity contribution is 7.97. The normalized spacial score (nSPS) is 24.1. The highest BCUT2D eigenvalue weighted by atomic mass is 32.2. The Morgan fingerprint density at radius 3 is 2.47 bits per heavy atom. The molecule has 2 nitrogen and oxygen atoms in total. The molecule has 0 fully saturated rings. The lowest BCUT2D eigenvalue weighted by Crippen LogP contribution is -2.17. The van der Waals surface area contributed by atoms with E-state index in [2.05, 4.69) is 32.4 Å². The third-order valence-electron chi connectivity index (χ3n) is 2.45. The second-order valence-corrected chi connectivity index (χ2v) is 5.49. The van der Waals surface area contributed by atoms with Crippen LogP contribution in [0.3, 0.4) is 0 Å². The van der Waals surface area contributed by atoms with Crippen molar-refractivity contribution in [2.75, 3.05) is 12.4 Å². The summed E-state index contributed by atoms with van der Waals surface area (Å²) in [5.41, 5.74) is 1.27. The van der Waals surface area contributed by atoms with Crippen LogP contribution in [0.1, 0.15) is 40.5 Å². The van der Waals surface area contributed by atoms with Crippen LogP contribution >= 0.6 is 11.9 Å². The standard InChI is InChI=1S/C12H23NOS/c1-9(2)11-12(10(3)4)14-7-5-6-8-15-13-11/h9-10,13H,5-8H2,1-4H3/b12-11-. The molecule has 1 heterocycles. The van der Waals surface area contributed by atoms with Crippen molar-refractivity contribution in [1.82, 2.24) is 4.72 Å². The van der Waals surface area contributed by atoms with Crippen LogP contribution in [-0.4, -0.2) is 12.4 Å². The summed E-state index contributed by atoms with van der Waals surface area (Å²) in [6.45, 7) is 9.69. The zero-order valence-corrected chi connectivity index (χ0v) is 11.1. The molecule has 1 aliphatic rings. The monoisotopic (exact) mass is 229 g/mol. The summed E-state index contributed by atoms with van der Waals surface area (Å²) < 4.78 is 9.37. The molecule has 0 radical (unpaired) electrons. The summed E-state index contributed by atoms with van der Waals surface area (Å²) in [5, 5.41) is 0. The van der Waals surface area contributed by atoms with E-state index in [1.165, 1.54) is 17.9 Å². The topological polar surface area (TPSA) is 21.3 Å². The maximum absolute atomic E-state index is 5.90. The summed E-state index contributed by atoms with van der Waals surface area (Å²) in [4.78, 5) is 0. The molecule has 0 bridgehead atoms. The van der Waals surface area contributed by atoms with Crippen LogP contribution in [0.4, 0.5) is 0 Å². The van der Waals surface area contributed by atoms with Gasteiger partial charge in [-0.05, 0) is 18.8 Å². The predicted octanol–water partition coefficient (Wildman–Crippen LogP) is 3.56. The quantitative estimate of drug-likeness (QED) is 0.732. The van der Waals surface area contributed by atoms with E-state index in [0.29, 0.717) is 11.8 Å². The Morgan fingerprint density at radius 1 is 1.13 bits per heavy atom. The van der Waals surface area contributed by atoms with Crippen molar-refractivity contribution in [2.24, 2.45) is 11.8 Å². The molecule has 0 aromatic heterocycles. The molecule has 1 N–H and O–H groups in total. The minimum absolute atomic E-state index is 0.466. The van der Waals surface area contributed by atoms with Gasteiger partial charge in [0.05, 0.1) is 12.3 Å². The Bertz CT molecular complexity index is 202. The molecule has 0 amide bonds. The fraction of sp³-hybridized carbons (Fsp3) is 0.833. The van der Waals surface area contributed by atoms with Gasteiger partial charge in [0.1, 0.15) is 5.76 Å². The van der Waals surface area contributed by atoms with Crippen molar-refractivity contribution >= 4 is 11.9 Å². The summed E-state index contributed by atoms with van der Waals surface area (Å²) in [6, 6.07) is 0. The van der Waals surface area contributed by atoms with Gasteiger partial charge >= 0.3 is 0 Å². The van der Waals surface area contributed by atoms with Crippen molar-refractivity contribution in [3.8, 4) is 0 Å². The Kier molecular flexibility index (Phi) is 5.37. The first kappa shape index (κ1) is 12.8. The van der Waals surface area contributed by atoms with E-state index in [9.17, 15) is 0 Å². The number of rotatable bonds is 2. The maximum atomic E-state index is 5.90. The first-order chi connectivity index (χ1) is 7.13. The van der Waals surface area contributed by atoms with Gasteiger partial charge in [-0.1, -0.05) is 39.6 Å². The second-order valence-electron chi connectivity index (χ2n) is 4.59. The average molecular weight is 229 g/mol. The SMILES string of the molecule is CC(C)/C1=C(\C(C)C)OCCCCSN1. The van der Waals surface area contributed by atoms with Gasteiger partial charge in [-0.3, -0.25) is 0 Å². The first-order valence-electron chi connectivity index (χ1n) is 5.87. The molecule has 1 aliphatic heterocycles. The summed E-state index contributed by atoms with van der Waals surface area (Å²) in [6.07, 6.45) is 2.39. The fourth-order valence-corrected chi connectivity index (χ4v) is 2.54. The second kappa shape index (κ2) is 6.31. The van der Waals surface area contributed by atoms with Crippen LogP contribution in [0.15, 0.2) is 11.5 Å². The molecule has 1 rings (SSSR count). The fourth-order valence-electron chi connectivity index (χ4n) is 1.60. The lowest BCUT2D eigenvalue weighted by atomic mass is 10.0. The number of hydrogen-bond acceptors (Lipinski definition) is 3. The minimum atomic E-state index is 0.466. The van der Waals surface area contributed by atoms with Crippen molar-refractivity contribution in [3.05, 3.63) is 11.5 Å². The largest absolute Gasteiger partial charge is 0.496 e. The molecule has 3 heteroatoms. The smallest absolute Gasteiger partial charge is 0.118 e. The van der Waals surface area contributed by atoms with E-state index in [-0.39, 0.29) is 0 Å². The molecule has 0 atom stereocenters. The predicted molar refractivity (Wildman–Crippen MR) is 67.5 cm³/mol. The molecule has 0 aromatic carbocycles. The number of hydrogen-bond donors (Lipinski definition) is 1. The number of nitrogens with one attached hydrogen (secondary N) is 1. The Labute approximate surface area is 98.0 Å². The molecule has 15 heavy (non-hydrogen) atoms. The Balaban J connectivity index is 2.84. The van der Waals surface area contributed by atoms with Crippen LogP contribution in [-0.2, 0) is 4.74 Å². The molecule has 0 aromatic rings. The van der Waals surface area contributed by atoms with Crippen LogP contribution in [0.25, 0.3) is 0 Å². The molecule has 0 aliphatic carbocycles. The van der Waals surface area contributed by atoms with Gasteiger partial charge in [0.25, 0.3) is 0 Å². The maximum Gasteiger partial charge on any atom is 0.118 e. The Hall–Kier alpha value is -0.310. The average Bonchev–Trinajstić information content (AvgIpc) is 2.27. The van der Waals surface area contributed by atoms with Crippen LogP contribution < -0.4 is 4.72 Å². The van der Waals surface area contributed by atoms with Crippen LogP contribution in [0.5, 0.6) is 0 Å². The molecule has 0 saturated carbocycles. The molecule has 0 saturated heterocycles. The van der Waals surface area contributed by atoms with Gasteiger partial charge in [-0.25, -0.2) is 0 Å². The summed E-state index contributed by atoms with van der Waals surface area (Å²) in [7, 11) is 0. The van der Waals surface area contributed by atoms with E-state index in [1.54, 1.807) is 0 Å². The zero-order valence-electron chi connectivity index (χ0n) is 10.3. The lowest BCUT2D eigenvalue weighted by molar-refractivity contribution is 0.174. The van der Waals surface area contributed by atoms with Crippen molar-refractivity contribution in [1.29, 1.82) is 0 Å². The van der Waals surface area contributed by atoms with Crippen molar-refractivity contribution < 1.29 is 4.74 Å². The molecular formula is C12H23NOS. The van der Waals surface area contributed by atoms with Gasteiger partial charge in [-0.15, -0.1) is 0 Å². The first-order valence-corrected chi connectivity index (χ1v) is 6.86. The summed E-state index contributed by atoms with van der Waals surface area (Å²) >= 11 is 1.81. The highest BCUT2D eigenvalue weighted by Crippen LogP contribution is 2.24. The molecule has 88 valence electrons.